The zero-order chi connectivity index (χ0) is 27.1. The van der Waals surface area contributed by atoms with Gasteiger partial charge in [0.1, 0.15) is 5.82 Å². The van der Waals surface area contributed by atoms with E-state index in [1.54, 1.807) is 12.1 Å². The summed E-state index contributed by atoms with van der Waals surface area (Å²) in [7, 11) is 0. The molecule has 1 saturated carbocycles. The Morgan fingerprint density at radius 2 is 1.76 bits per heavy atom. The lowest BCUT2D eigenvalue weighted by molar-refractivity contribution is 0.0991. The summed E-state index contributed by atoms with van der Waals surface area (Å²) in [5.74, 6) is 0.632. The van der Waals surface area contributed by atoms with E-state index in [1.165, 1.54) is 17.2 Å². The second-order valence-corrected chi connectivity index (χ2v) is 11.2. The van der Waals surface area contributed by atoms with Crippen LogP contribution in [0.15, 0.2) is 60.5 Å². The lowest BCUT2D eigenvalue weighted by Crippen LogP contribution is -2.54. The van der Waals surface area contributed by atoms with Crippen molar-refractivity contribution < 1.29 is 4.39 Å². The van der Waals surface area contributed by atoms with Gasteiger partial charge in [-0.05, 0) is 98.0 Å². The number of rotatable bonds is 6. The normalized spacial score (nSPS) is 23.8. The van der Waals surface area contributed by atoms with E-state index < -0.39 is 5.41 Å². The number of hydrogen-bond donors (Lipinski definition) is 2. The topological polar surface area (TPSA) is 80.1 Å². The molecule has 38 heavy (non-hydrogen) atoms. The minimum absolute atomic E-state index is 0.000804. The van der Waals surface area contributed by atoms with Gasteiger partial charge in [0.15, 0.2) is 0 Å². The van der Waals surface area contributed by atoms with Crippen molar-refractivity contribution in [3.63, 3.8) is 0 Å². The summed E-state index contributed by atoms with van der Waals surface area (Å²) in [6.07, 6.45) is 4.82. The fraction of sp³-hybridized carbons (Fsp3) is 0.484. The van der Waals surface area contributed by atoms with E-state index in [0.717, 1.165) is 70.4 Å². The highest BCUT2D eigenvalue weighted by Crippen LogP contribution is 2.49. The Balaban J connectivity index is 0.00000107. The van der Waals surface area contributed by atoms with Gasteiger partial charge in [0, 0.05) is 37.3 Å². The van der Waals surface area contributed by atoms with Crippen molar-refractivity contribution in [1.29, 1.82) is 10.5 Å². The Labute approximate surface area is 232 Å². The molecule has 3 atom stereocenters. The Morgan fingerprint density at radius 1 is 1.08 bits per heavy atom. The lowest BCUT2D eigenvalue weighted by Gasteiger charge is -2.47. The van der Waals surface area contributed by atoms with Crippen LogP contribution >= 0.6 is 12.6 Å². The van der Waals surface area contributed by atoms with Gasteiger partial charge in [-0.25, -0.2) is 4.39 Å². The number of anilines is 1. The molecular formula is C31H38FN5S. The van der Waals surface area contributed by atoms with E-state index in [2.05, 4.69) is 41.1 Å². The Kier molecular flexibility index (Phi) is 9.49. The quantitative estimate of drug-likeness (QED) is 0.482. The number of thiol groups is 1. The Hall–Kier alpha value is -2.84. The largest absolute Gasteiger partial charge is 0.371 e. The standard InChI is InChI=1S/C29H34FN5.C2H4S/c30-25-4-1-3-24(15-25)29(20-32,27-5-2-6-28(27)33)23-11-13-34(14-12-23)17-22-18-35(19-22)26-9-7-21(16-31)8-10-26;1-2-3/h1,3-4,7-10,15,22-23,27-28H,2,5-6,11-14,17-19,33H2;2-3H,1H2. The molecule has 2 heterocycles. The number of nitrogens with zero attached hydrogens (tertiary/aromatic N) is 4. The molecule has 0 bridgehead atoms. The first kappa shape index (κ1) is 28.2. The van der Waals surface area contributed by atoms with Gasteiger partial charge in [-0.2, -0.15) is 23.2 Å². The van der Waals surface area contributed by atoms with E-state index in [9.17, 15) is 9.65 Å². The molecular weight excluding hydrogens is 493 g/mol. The highest BCUT2D eigenvalue weighted by Gasteiger charge is 2.51. The zero-order valence-corrected chi connectivity index (χ0v) is 22.9. The van der Waals surface area contributed by atoms with Crippen LogP contribution in [0.4, 0.5) is 10.1 Å². The first-order valence-corrected chi connectivity index (χ1v) is 14.1. The van der Waals surface area contributed by atoms with Crippen LogP contribution in [0.2, 0.25) is 0 Å². The van der Waals surface area contributed by atoms with E-state index in [0.29, 0.717) is 11.5 Å². The number of hydrogen-bond acceptors (Lipinski definition) is 6. The van der Waals surface area contributed by atoms with Crippen molar-refractivity contribution >= 4 is 18.3 Å². The second-order valence-electron chi connectivity index (χ2n) is 10.9. The molecule has 3 aliphatic rings. The van der Waals surface area contributed by atoms with E-state index in [4.69, 9.17) is 11.0 Å². The highest BCUT2D eigenvalue weighted by molar-refractivity contribution is 7.83. The maximum atomic E-state index is 14.3. The molecule has 3 fully saturated rings. The first-order chi connectivity index (χ1) is 18.4. The van der Waals surface area contributed by atoms with Gasteiger partial charge in [0.05, 0.1) is 23.1 Å². The summed E-state index contributed by atoms with van der Waals surface area (Å²) < 4.78 is 14.3. The zero-order valence-electron chi connectivity index (χ0n) is 22.0. The van der Waals surface area contributed by atoms with Crippen molar-refractivity contribution in [1.82, 2.24) is 4.90 Å². The molecule has 0 radical (unpaired) electrons. The van der Waals surface area contributed by atoms with Crippen LogP contribution in [0.5, 0.6) is 0 Å². The summed E-state index contributed by atoms with van der Waals surface area (Å²) in [5, 5.41) is 21.0. The van der Waals surface area contributed by atoms with Crippen molar-refractivity contribution in [3.05, 3.63) is 77.5 Å². The molecule has 0 spiro atoms. The summed E-state index contributed by atoms with van der Waals surface area (Å²) in [4.78, 5) is 4.91. The van der Waals surface area contributed by atoms with Gasteiger partial charge in [0.2, 0.25) is 0 Å². The van der Waals surface area contributed by atoms with E-state index in [-0.39, 0.29) is 23.7 Å². The van der Waals surface area contributed by atoms with Crippen molar-refractivity contribution in [3.8, 4) is 12.1 Å². The molecule has 2 aromatic carbocycles. The maximum absolute atomic E-state index is 14.3. The molecule has 2 saturated heterocycles. The summed E-state index contributed by atoms with van der Waals surface area (Å²) in [5.41, 5.74) is 8.52. The molecule has 200 valence electrons. The minimum Gasteiger partial charge on any atom is -0.371 e. The monoisotopic (exact) mass is 531 g/mol. The summed E-state index contributed by atoms with van der Waals surface area (Å²) in [6, 6.07) is 19.4. The molecule has 5 rings (SSSR count). The molecule has 3 unspecified atom stereocenters. The number of nitriles is 2. The van der Waals surface area contributed by atoms with Crippen LogP contribution in [-0.4, -0.2) is 43.7 Å². The number of benzene rings is 2. The molecule has 5 nitrogen and oxygen atoms in total. The van der Waals surface area contributed by atoms with Crippen LogP contribution in [0, 0.1) is 46.2 Å². The third-order valence-electron chi connectivity index (χ3n) is 8.71. The number of likely N-dealkylation sites (tertiary alicyclic amines) is 1. The predicted molar refractivity (Wildman–Crippen MR) is 154 cm³/mol. The van der Waals surface area contributed by atoms with Gasteiger partial charge in [-0.3, -0.25) is 0 Å². The second kappa shape index (κ2) is 12.8. The summed E-state index contributed by atoms with van der Waals surface area (Å²) >= 11 is 3.55. The third kappa shape index (κ3) is 5.91. The van der Waals surface area contributed by atoms with E-state index >= 15 is 0 Å². The molecule has 2 N–H and O–H groups in total. The van der Waals surface area contributed by atoms with Gasteiger partial charge in [-0.1, -0.05) is 25.1 Å². The summed E-state index contributed by atoms with van der Waals surface area (Å²) in [6.45, 7) is 8.31. The molecule has 2 aliphatic heterocycles. The van der Waals surface area contributed by atoms with Gasteiger partial charge < -0.3 is 15.5 Å². The molecule has 0 aromatic heterocycles. The SMILES string of the molecule is C=CS.N#Cc1ccc(N2CC(CN3CCC(C(C#N)(c4cccc(F)c4)C4CCCC4N)CC3)C2)cc1. The first-order valence-electron chi connectivity index (χ1n) is 13.6. The molecule has 1 aliphatic carbocycles. The fourth-order valence-corrected chi connectivity index (χ4v) is 6.87. The Bertz CT molecular complexity index is 1160. The van der Waals surface area contributed by atoms with Crippen LogP contribution in [-0.2, 0) is 5.41 Å². The average molecular weight is 532 g/mol. The van der Waals surface area contributed by atoms with Gasteiger partial charge >= 0.3 is 0 Å². The van der Waals surface area contributed by atoms with Gasteiger partial charge in [0.25, 0.3) is 0 Å². The third-order valence-corrected chi connectivity index (χ3v) is 8.71. The van der Waals surface area contributed by atoms with Crippen LogP contribution in [0.3, 0.4) is 0 Å². The van der Waals surface area contributed by atoms with Crippen molar-refractivity contribution in [2.75, 3.05) is 37.6 Å². The smallest absolute Gasteiger partial charge is 0.123 e. The number of halogens is 1. The minimum atomic E-state index is -0.715. The van der Waals surface area contributed by atoms with Crippen LogP contribution in [0.1, 0.15) is 43.2 Å². The lowest BCUT2D eigenvalue weighted by atomic mass is 9.59. The maximum Gasteiger partial charge on any atom is 0.123 e. The van der Waals surface area contributed by atoms with E-state index in [1.807, 2.05) is 30.3 Å². The molecule has 0 amide bonds. The van der Waals surface area contributed by atoms with Crippen LogP contribution in [0.25, 0.3) is 0 Å². The van der Waals surface area contributed by atoms with Crippen molar-refractivity contribution in [2.24, 2.45) is 23.5 Å². The fourth-order valence-electron chi connectivity index (χ4n) is 6.87. The molecule has 7 heteroatoms. The molecule has 2 aromatic rings. The van der Waals surface area contributed by atoms with Crippen LogP contribution < -0.4 is 10.6 Å². The predicted octanol–water partition coefficient (Wildman–Crippen LogP) is 5.49. The van der Waals surface area contributed by atoms with Gasteiger partial charge in [-0.15, -0.1) is 0 Å². The highest BCUT2D eigenvalue weighted by atomic mass is 32.1. The van der Waals surface area contributed by atoms with Crippen molar-refractivity contribution in [2.45, 2.75) is 43.6 Å². The average Bonchev–Trinajstić information content (AvgIpc) is 3.34. The number of piperidine rings is 1. The Morgan fingerprint density at radius 3 is 2.32 bits per heavy atom. The number of nitrogens with two attached hydrogens (primary N) is 1.